The first-order chi connectivity index (χ1) is 10.7. The molecule has 0 aliphatic heterocycles. The number of halogens is 2. The summed E-state index contributed by atoms with van der Waals surface area (Å²) in [7, 11) is 0. The Morgan fingerprint density at radius 1 is 0.818 bits per heavy atom. The van der Waals surface area contributed by atoms with Gasteiger partial charge in [-0.2, -0.15) is 8.78 Å². The second-order valence-electron chi connectivity index (χ2n) is 5.84. The molecule has 2 aliphatic carbocycles. The first-order valence-electron chi connectivity index (χ1n) is 7.81. The van der Waals surface area contributed by atoms with Crippen LogP contribution in [0.3, 0.4) is 0 Å². The third kappa shape index (κ3) is 4.33. The molecule has 0 amide bonds. The van der Waals surface area contributed by atoms with Crippen LogP contribution >= 0.6 is 0 Å². The Hall–Kier alpha value is -1.84. The van der Waals surface area contributed by atoms with Crippen LogP contribution in [0.2, 0.25) is 0 Å². The number of benzene rings is 1. The molecule has 0 N–H and O–H groups in total. The molecule has 0 bridgehead atoms. The molecule has 22 heavy (non-hydrogen) atoms. The highest BCUT2D eigenvalue weighted by atomic mass is 19.2. The Labute approximate surface area is 129 Å². The lowest BCUT2D eigenvalue weighted by atomic mass is 10.3. The summed E-state index contributed by atoms with van der Waals surface area (Å²) >= 11 is 0. The fraction of sp³-hybridized carbons (Fsp3) is 0.444. The third-order valence-corrected chi connectivity index (χ3v) is 3.74. The van der Waals surface area contributed by atoms with Gasteiger partial charge < -0.3 is 9.47 Å². The van der Waals surface area contributed by atoms with Crippen LogP contribution < -0.4 is 9.47 Å². The molecule has 0 atom stereocenters. The maximum absolute atomic E-state index is 13.9. The summed E-state index contributed by atoms with van der Waals surface area (Å²) in [6, 6.07) is 2.81. The maximum atomic E-state index is 13.9. The molecule has 2 fully saturated rings. The molecule has 0 aromatic heterocycles. The average Bonchev–Trinajstić information content (AvgIpc) is 3.40. The minimum atomic E-state index is -0.997. The Morgan fingerprint density at radius 3 is 1.59 bits per heavy atom. The van der Waals surface area contributed by atoms with Crippen LogP contribution in [0.25, 0.3) is 0 Å². The predicted molar refractivity (Wildman–Crippen MR) is 81.1 cm³/mol. The highest BCUT2D eigenvalue weighted by Crippen LogP contribution is 2.31. The lowest BCUT2D eigenvalue weighted by molar-refractivity contribution is 0.308. The Kier molecular flexibility index (Phi) is 4.76. The summed E-state index contributed by atoms with van der Waals surface area (Å²) in [5.41, 5.74) is 0. The SMILES string of the molecule is Fc1c(OC/C=C/C2CC2)ccc(OC/C=C/C2CC2)c1F. The van der Waals surface area contributed by atoms with Crippen LogP contribution in [0.1, 0.15) is 25.7 Å². The zero-order valence-corrected chi connectivity index (χ0v) is 12.4. The molecule has 0 saturated heterocycles. The van der Waals surface area contributed by atoms with Crippen LogP contribution in [0.15, 0.2) is 36.4 Å². The molecule has 4 heteroatoms. The van der Waals surface area contributed by atoms with Gasteiger partial charge in [0, 0.05) is 0 Å². The van der Waals surface area contributed by atoms with Gasteiger partial charge in [-0.25, -0.2) is 0 Å². The monoisotopic (exact) mass is 306 g/mol. The quantitative estimate of drug-likeness (QED) is 0.651. The Balaban J connectivity index is 1.52. The van der Waals surface area contributed by atoms with Crippen molar-refractivity contribution in [3.63, 3.8) is 0 Å². The maximum Gasteiger partial charge on any atom is 0.204 e. The van der Waals surface area contributed by atoms with E-state index in [0.717, 1.165) is 0 Å². The minimum Gasteiger partial charge on any atom is -0.486 e. The summed E-state index contributed by atoms with van der Waals surface area (Å²) in [6.45, 7) is 0.494. The van der Waals surface area contributed by atoms with Gasteiger partial charge in [-0.1, -0.05) is 24.3 Å². The van der Waals surface area contributed by atoms with Crippen molar-refractivity contribution in [2.45, 2.75) is 25.7 Å². The highest BCUT2D eigenvalue weighted by Gasteiger charge is 2.18. The van der Waals surface area contributed by atoms with Crippen molar-refractivity contribution in [1.29, 1.82) is 0 Å². The smallest absolute Gasteiger partial charge is 0.204 e. The standard InChI is InChI=1S/C18H20F2O2/c19-17-15(21-11-1-3-13-5-6-13)9-10-16(18(17)20)22-12-2-4-14-7-8-14/h1-4,9-10,13-14H,5-8,11-12H2/b3-1+,4-2+. The van der Waals surface area contributed by atoms with Crippen molar-refractivity contribution >= 4 is 0 Å². The molecular weight excluding hydrogens is 286 g/mol. The number of hydrogen-bond donors (Lipinski definition) is 0. The van der Waals surface area contributed by atoms with Gasteiger partial charge in [0.1, 0.15) is 13.2 Å². The number of rotatable bonds is 8. The van der Waals surface area contributed by atoms with Gasteiger partial charge >= 0.3 is 0 Å². The van der Waals surface area contributed by atoms with Gasteiger partial charge in [0.25, 0.3) is 0 Å². The van der Waals surface area contributed by atoms with E-state index in [2.05, 4.69) is 12.2 Å². The molecule has 2 nitrogen and oxygen atoms in total. The van der Waals surface area contributed by atoms with Crippen LogP contribution in [0.5, 0.6) is 11.5 Å². The zero-order valence-electron chi connectivity index (χ0n) is 12.4. The van der Waals surface area contributed by atoms with E-state index >= 15 is 0 Å². The number of hydrogen-bond acceptors (Lipinski definition) is 2. The molecule has 0 spiro atoms. The van der Waals surface area contributed by atoms with Crippen molar-refractivity contribution in [3.8, 4) is 11.5 Å². The molecule has 2 saturated carbocycles. The summed E-state index contributed by atoms with van der Waals surface area (Å²) in [6.07, 6.45) is 12.6. The fourth-order valence-electron chi connectivity index (χ4n) is 2.09. The van der Waals surface area contributed by atoms with E-state index in [1.54, 1.807) is 0 Å². The van der Waals surface area contributed by atoms with Gasteiger partial charge in [0.2, 0.25) is 11.6 Å². The predicted octanol–water partition coefficient (Wildman–Crippen LogP) is 4.65. The molecule has 1 aromatic rings. The molecule has 3 rings (SSSR count). The van der Waals surface area contributed by atoms with E-state index in [-0.39, 0.29) is 24.7 Å². The fourth-order valence-corrected chi connectivity index (χ4v) is 2.09. The van der Waals surface area contributed by atoms with E-state index in [4.69, 9.17) is 9.47 Å². The zero-order chi connectivity index (χ0) is 15.4. The van der Waals surface area contributed by atoms with Crippen molar-refractivity contribution in [2.24, 2.45) is 11.8 Å². The minimum absolute atomic E-state index is 0.0844. The Morgan fingerprint density at radius 2 is 1.23 bits per heavy atom. The third-order valence-electron chi connectivity index (χ3n) is 3.74. The van der Waals surface area contributed by atoms with Crippen LogP contribution in [-0.2, 0) is 0 Å². The second kappa shape index (κ2) is 6.95. The van der Waals surface area contributed by atoms with E-state index < -0.39 is 11.6 Å². The van der Waals surface area contributed by atoms with Crippen LogP contribution in [0, 0.1) is 23.5 Å². The van der Waals surface area contributed by atoms with Crippen molar-refractivity contribution in [3.05, 3.63) is 48.1 Å². The average molecular weight is 306 g/mol. The lowest BCUT2D eigenvalue weighted by Crippen LogP contribution is -2.02. The van der Waals surface area contributed by atoms with E-state index in [1.807, 2.05) is 12.2 Å². The van der Waals surface area contributed by atoms with Crippen molar-refractivity contribution in [2.75, 3.05) is 13.2 Å². The topological polar surface area (TPSA) is 18.5 Å². The van der Waals surface area contributed by atoms with Gasteiger partial charge in [-0.15, -0.1) is 0 Å². The first-order valence-corrected chi connectivity index (χ1v) is 7.81. The first kappa shape index (κ1) is 15.1. The second-order valence-corrected chi connectivity index (χ2v) is 5.84. The van der Waals surface area contributed by atoms with Gasteiger partial charge in [0.05, 0.1) is 0 Å². The lowest BCUT2D eigenvalue weighted by Gasteiger charge is -2.09. The largest absolute Gasteiger partial charge is 0.486 e. The molecule has 2 aliphatic rings. The van der Waals surface area contributed by atoms with Gasteiger partial charge in [-0.3, -0.25) is 0 Å². The summed E-state index contributed by atoms with van der Waals surface area (Å²) in [5.74, 6) is -0.876. The molecule has 118 valence electrons. The molecule has 1 aromatic carbocycles. The summed E-state index contributed by atoms with van der Waals surface area (Å²) in [4.78, 5) is 0. The highest BCUT2D eigenvalue weighted by molar-refractivity contribution is 5.35. The summed E-state index contributed by atoms with van der Waals surface area (Å²) in [5, 5.41) is 0. The van der Waals surface area contributed by atoms with E-state index in [9.17, 15) is 8.78 Å². The van der Waals surface area contributed by atoms with Crippen molar-refractivity contribution in [1.82, 2.24) is 0 Å². The Bertz CT molecular complexity index is 522. The summed E-state index contributed by atoms with van der Waals surface area (Å²) < 4.78 is 38.3. The van der Waals surface area contributed by atoms with E-state index in [1.165, 1.54) is 37.8 Å². The number of allylic oxidation sites excluding steroid dienone is 2. The molecule has 0 heterocycles. The van der Waals surface area contributed by atoms with Crippen LogP contribution in [-0.4, -0.2) is 13.2 Å². The van der Waals surface area contributed by atoms with Crippen LogP contribution in [0.4, 0.5) is 8.78 Å². The molecular formula is C18H20F2O2. The van der Waals surface area contributed by atoms with Gasteiger partial charge in [-0.05, 0) is 49.7 Å². The van der Waals surface area contributed by atoms with E-state index in [0.29, 0.717) is 11.8 Å². The van der Waals surface area contributed by atoms with Crippen molar-refractivity contribution < 1.29 is 18.3 Å². The molecule has 0 radical (unpaired) electrons. The van der Waals surface area contributed by atoms with Gasteiger partial charge in [0.15, 0.2) is 11.5 Å². The molecule has 0 unspecified atom stereocenters. The normalized spacial score (nSPS) is 18.3. The number of ether oxygens (including phenoxy) is 2.